The zero-order valence-electron chi connectivity index (χ0n) is 11.9. The van der Waals surface area contributed by atoms with E-state index in [1.807, 2.05) is 48.1 Å². The maximum absolute atomic E-state index is 12.8. The molecule has 3 aromatic rings. The molecular weight excluding hydrogens is 317 g/mol. The monoisotopic (exact) mass is 329 g/mol. The summed E-state index contributed by atoms with van der Waals surface area (Å²) in [4.78, 5) is 12.8. The van der Waals surface area contributed by atoms with Crippen molar-refractivity contribution in [1.82, 2.24) is 4.57 Å². The van der Waals surface area contributed by atoms with Crippen LogP contribution in [0.4, 0.5) is 0 Å². The zero-order valence-corrected chi connectivity index (χ0v) is 13.4. The van der Waals surface area contributed by atoms with Crippen LogP contribution in [0.3, 0.4) is 0 Å². The standard InChI is InChI=1S/C18H13Cl2NO/c1-21-10-16(12-5-3-2-4-6-12)18(22)17(11-21)13-7-14(19)9-15(20)8-13/h2-11H,1H3. The lowest BCUT2D eigenvalue weighted by Gasteiger charge is -2.09. The highest BCUT2D eigenvalue weighted by Gasteiger charge is 2.11. The van der Waals surface area contributed by atoms with Gasteiger partial charge in [-0.25, -0.2) is 0 Å². The van der Waals surface area contributed by atoms with E-state index >= 15 is 0 Å². The van der Waals surface area contributed by atoms with E-state index in [0.29, 0.717) is 21.2 Å². The van der Waals surface area contributed by atoms with Gasteiger partial charge in [0.1, 0.15) is 0 Å². The van der Waals surface area contributed by atoms with Crippen molar-refractivity contribution in [2.45, 2.75) is 0 Å². The summed E-state index contributed by atoms with van der Waals surface area (Å²) < 4.78 is 1.87. The first-order chi connectivity index (χ1) is 10.5. The highest BCUT2D eigenvalue weighted by molar-refractivity contribution is 6.35. The summed E-state index contributed by atoms with van der Waals surface area (Å²) in [6, 6.07) is 14.7. The van der Waals surface area contributed by atoms with Crippen molar-refractivity contribution in [2.24, 2.45) is 7.05 Å². The lowest BCUT2D eigenvalue weighted by Crippen LogP contribution is -2.11. The highest BCUT2D eigenvalue weighted by Crippen LogP contribution is 2.26. The van der Waals surface area contributed by atoms with Crippen LogP contribution in [-0.2, 0) is 7.05 Å². The number of hydrogen-bond donors (Lipinski definition) is 0. The SMILES string of the molecule is Cn1cc(-c2ccccc2)c(=O)c(-c2cc(Cl)cc(Cl)c2)c1. The van der Waals surface area contributed by atoms with Crippen molar-refractivity contribution < 1.29 is 0 Å². The maximum atomic E-state index is 12.8. The molecule has 0 aliphatic carbocycles. The minimum absolute atomic E-state index is 0.0392. The van der Waals surface area contributed by atoms with Crippen LogP contribution in [0.2, 0.25) is 10.0 Å². The Morgan fingerprint density at radius 3 is 1.95 bits per heavy atom. The summed E-state index contributed by atoms with van der Waals surface area (Å²) in [7, 11) is 1.89. The zero-order chi connectivity index (χ0) is 15.7. The Morgan fingerprint density at radius 2 is 1.36 bits per heavy atom. The van der Waals surface area contributed by atoms with Gasteiger partial charge in [0, 0.05) is 40.6 Å². The number of benzene rings is 2. The second-order valence-electron chi connectivity index (χ2n) is 5.10. The molecule has 1 heterocycles. The van der Waals surface area contributed by atoms with Crippen LogP contribution in [0.1, 0.15) is 0 Å². The molecule has 2 aromatic carbocycles. The third-order valence-corrected chi connectivity index (χ3v) is 3.85. The molecule has 0 fully saturated rings. The van der Waals surface area contributed by atoms with Gasteiger partial charge in [-0.2, -0.15) is 0 Å². The van der Waals surface area contributed by atoms with Gasteiger partial charge in [-0.1, -0.05) is 53.5 Å². The minimum Gasteiger partial charge on any atom is -0.356 e. The summed E-state index contributed by atoms with van der Waals surface area (Å²) in [6.45, 7) is 0. The van der Waals surface area contributed by atoms with Crippen molar-refractivity contribution in [1.29, 1.82) is 0 Å². The van der Waals surface area contributed by atoms with E-state index in [9.17, 15) is 4.79 Å². The van der Waals surface area contributed by atoms with E-state index in [4.69, 9.17) is 23.2 Å². The first-order valence-electron chi connectivity index (χ1n) is 6.77. The lowest BCUT2D eigenvalue weighted by molar-refractivity contribution is 0.904. The molecule has 0 spiro atoms. The number of pyridine rings is 1. The van der Waals surface area contributed by atoms with Gasteiger partial charge in [-0.05, 0) is 29.3 Å². The van der Waals surface area contributed by atoms with Crippen LogP contribution >= 0.6 is 23.2 Å². The number of halogens is 2. The van der Waals surface area contributed by atoms with Crippen LogP contribution in [0.15, 0.2) is 65.7 Å². The number of aryl methyl sites for hydroxylation is 1. The van der Waals surface area contributed by atoms with Gasteiger partial charge in [0.25, 0.3) is 0 Å². The van der Waals surface area contributed by atoms with Gasteiger partial charge in [0.2, 0.25) is 0 Å². The fourth-order valence-corrected chi connectivity index (χ4v) is 2.97. The third kappa shape index (κ3) is 2.94. The van der Waals surface area contributed by atoms with E-state index in [-0.39, 0.29) is 5.43 Å². The predicted molar refractivity (Wildman–Crippen MR) is 92.6 cm³/mol. The van der Waals surface area contributed by atoms with Crippen LogP contribution in [0.25, 0.3) is 22.3 Å². The average Bonchev–Trinajstić information content (AvgIpc) is 2.49. The number of aromatic nitrogens is 1. The van der Waals surface area contributed by atoms with Crippen molar-refractivity contribution in [3.8, 4) is 22.3 Å². The van der Waals surface area contributed by atoms with Gasteiger partial charge in [0.15, 0.2) is 5.43 Å². The van der Waals surface area contributed by atoms with Gasteiger partial charge in [-0.15, -0.1) is 0 Å². The average molecular weight is 330 g/mol. The first-order valence-corrected chi connectivity index (χ1v) is 7.52. The topological polar surface area (TPSA) is 22.0 Å². The van der Waals surface area contributed by atoms with E-state index in [1.165, 1.54) is 0 Å². The molecule has 0 saturated heterocycles. The van der Waals surface area contributed by atoms with Gasteiger partial charge < -0.3 is 4.57 Å². The molecule has 1 aromatic heterocycles. The Bertz CT molecular complexity index is 865. The molecule has 110 valence electrons. The van der Waals surface area contributed by atoms with Gasteiger partial charge >= 0.3 is 0 Å². The summed E-state index contributed by atoms with van der Waals surface area (Å²) in [5.41, 5.74) is 2.79. The molecule has 4 heteroatoms. The number of hydrogen-bond acceptors (Lipinski definition) is 1. The quantitative estimate of drug-likeness (QED) is 0.646. The number of nitrogens with zero attached hydrogens (tertiary/aromatic N) is 1. The Morgan fingerprint density at radius 1 is 0.818 bits per heavy atom. The molecule has 2 nitrogen and oxygen atoms in total. The predicted octanol–water partition coefficient (Wildman–Crippen LogP) is 5.03. The molecule has 0 radical (unpaired) electrons. The molecule has 0 aliphatic rings. The van der Waals surface area contributed by atoms with Crippen molar-refractivity contribution in [3.63, 3.8) is 0 Å². The molecule has 0 atom stereocenters. The largest absolute Gasteiger partial charge is 0.356 e. The van der Waals surface area contributed by atoms with E-state index in [0.717, 1.165) is 11.1 Å². The second-order valence-corrected chi connectivity index (χ2v) is 5.98. The smallest absolute Gasteiger partial charge is 0.197 e. The lowest BCUT2D eigenvalue weighted by atomic mass is 10.0. The van der Waals surface area contributed by atoms with Crippen LogP contribution in [-0.4, -0.2) is 4.57 Å². The fraction of sp³-hybridized carbons (Fsp3) is 0.0556. The van der Waals surface area contributed by atoms with E-state index in [1.54, 1.807) is 24.4 Å². The normalized spacial score (nSPS) is 10.7. The molecule has 0 aliphatic heterocycles. The molecule has 0 N–H and O–H groups in total. The van der Waals surface area contributed by atoms with Crippen molar-refractivity contribution in [3.05, 3.63) is 81.2 Å². The first kappa shape index (κ1) is 14.9. The summed E-state index contributed by atoms with van der Waals surface area (Å²) in [5.74, 6) is 0. The van der Waals surface area contributed by atoms with Crippen LogP contribution in [0.5, 0.6) is 0 Å². The van der Waals surface area contributed by atoms with Crippen molar-refractivity contribution >= 4 is 23.2 Å². The van der Waals surface area contributed by atoms with E-state index in [2.05, 4.69) is 0 Å². The Hall–Kier alpha value is -2.03. The maximum Gasteiger partial charge on any atom is 0.197 e. The molecular formula is C18H13Cl2NO. The molecule has 22 heavy (non-hydrogen) atoms. The summed E-state index contributed by atoms with van der Waals surface area (Å²) in [5, 5.41) is 1.02. The Kier molecular flexibility index (Phi) is 4.06. The summed E-state index contributed by atoms with van der Waals surface area (Å²) in [6.07, 6.45) is 3.62. The minimum atomic E-state index is -0.0392. The highest BCUT2D eigenvalue weighted by atomic mass is 35.5. The van der Waals surface area contributed by atoms with Gasteiger partial charge in [0.05, 0.1) is 0 Å². The second kappa shape index (κ2) is 5.99. The number of rotatable bonds is 2. The Balaban J connectivity index is 2.26. The molecule has 0 bridgehead atoms. The van der Waals surface area contributed by atoms with Crippen LogP contribution < -0.4 is 5.43 Å². The summed E-state index contributed by atoms with van der Waals surface area (Å²) >= 11 is 12.1. The Labute approximate surface area is 138 Å². The molecule has 3 rings (SSSR count). The van der Waals surface area contributed by atoms with E-state index < -0.39 is 0 Å². The molecule has 0 unspecified atom stereocenters. The third-order valence-electron chi connectivity index (χ3n) is 3.41. The molecule has 0 saturated carbocycles. The van der Waals surface area contributed by atoms with Crippen molar-refractivity contribution in [2.75, 3.05) is 0 Å². The molecule has 0 amide bonds. The fourth-order valence-electron chi connectivity index (χ4n) is 2.45. The van der Waals surface area contributed by atoms with Gasteiger partial charge in [-0.3, -0.25) is 4.79 Å². The van der Waals surface area contributed by atoms with Crippen LogP contribution in [0, 0.1) is 0 Å².